The van der Waals surface area contributed by atoms with Crippen LogP contribution in [0, 0.1) is 5.41 Å². The van der Waals surface area contributed by atoms with Crippen molar-refractivity contribution in [2.45, 2.75) is 50.9 Å². The molecule has 1 aliphatic carbocycles. The molecule has 0 aromatic heterocycles. The number of rotatable bonds is 5. The number of carboxylic acids is 1. The average molecular weight is 286 g/mol. The van der Waals surface area contributed by atoms with Gasteiger partial charge in [0, 0.05) is 12.3 Å². The van der Waals surface area contributed by atoms with Gasteiger partial charge in [-0.1, -0.05) is 20.3 Å². The zero-order chi connectivity index (χ0) is 14.0. The topological polar surface area (TPSA) is 69.6 Å². The monoisotopic (exact) mass is 286 g/mol. The van der Waals surface area contributed by atoms with Gasteiger partial charge in [0.05, 0.1) is 5.37 Å². The van der Waals surface area contributed by atoms with Crippen molar-refractivity contribution in [1.82, 2.24) is 10.2 Å². The fraction of sp³-hybridized carbons (Fsp3) is 0.846. The third-order valence-corrected chi connectivity index (χ3v) is 5.27. The van der Waals surface area contributed by atoms with Crippen molar-refractivity contribution in [2.24, 2.45) is 5.41 Å². The molecule has 2 N–H and O–H groups in total. The lowest BCUT2D eigenvalue weighted by molar-refractivity contribution is -0.141. The molecule has 1 saturated carbocycles. The fourth-order valence-corrected chi connectivity index (χ4v) is 3.78. The van der Waals surface area contributed by atoms with Crippen molar-refractivity contribution in [2.75, 3.05) is 12.3 Å². The second-order valence-electron chi connectivity index (χ2n) is 5.81. The lowest BCUT2D eigenvalue weighted by Crippen LogP contribution is -2.51. The Morgan fingerprint density at radius 1 is 1.47 bits per heavy atom. The number of thioether (sulfide) groups is 1. The molecular formula is C13H22N2O3S. The summed E-state index contributed by atoms with van der Waals surface area (Å²) in [5.74, 6) is -0.413. The van der Waals surface area contributed by atoms with E-state index in [-0.39, 0.29) is 16.8 Å². The first-order valence-electron chi connectivity index (χ1n) is 6.87. The first-order chi connectivity index (χ1) is 8.97. The number of hydrogen-bond acceptors (Lipinski definition) is 3. The van der Waals surface area contributed by atoms with Crippen LogP contribution in [-0.2, 0) is 4.79 Å². The Hall–Kier alpha value is -0.910. The summed E-state index contributed by atoms with van der Waals surface area (Å²) in [4.78, 5) is 25.0. The Labute approximate surface area is 118 Å². The number of nitrogens with zero attached hydrogens (tertiary/aromatic N) is 1. The summed E-state index contributed by atoms with van der Waals surface area (Å²) in [7, 11) is 0. The highest BCUT2D eigenvalue weighted by atomic mass is 32.2. The van der Waals surface area contributed by atoms with Crippen molar-refractivity contribution < 1.29 is 14.7 Å². The molecule has 1 saturated heterocycles. The SMILES string of the molecule is CCCC1SCC(C(=O)O)N1C(=O)NCC1(C)CC1. The van der Waals surface area contributed by atoms with Gasteiger partial charge in [0.1, 0.15) is 6.04 Å². The number of carbonyl (C=O) groups excluding carboxylic acids is 1. The molecule has 0 radical (unpaired) electrons. The Morgan fingerprint density at radius 3 is 2.68 bits per heavy atom. The van der Waals surface area contributed by atoms with Crippen LogP contribution in [0.25, 0.3) is 0 Å². The Kier molecular flexibility index (Phi) is 4.28. The highest BCUT2D eigenvalue weighted by Crippen LogP contribution is 2.44. The fourth-order valence-electron chi connectivity index (χ4n) is 2.27. The predicted molar refractivity (Wildman–Crippen MR) is 75.2 cm³/mol. The van der Waals surface area contributed by atoms with Crippen LogP contribution in [0.4, 0.5) is 4.79 Å². The summed E-state index contributed by atoms with van der Waals surface area (Å²) < 4.78 is 0. The molecule has 108 valence electrons. The molecule has 2 unspecified atom stereocenters. The molecule has 2 amide bonds. The molecule has 1 aliphatic heterocycles. The van der Waals surface area contributed by atoms with E-state index in [4.69, 9.17) is 0 Å². The van der Waals surface area contributed by atoms with E-state index in [1.807, 2.05) is 0 Å². The van der Waals surface area contributed by atoms with E-state index in [9.17, 15) is 14.7 Å². The highest BCUT2D eigenvalue weighted by molar-refractivity contribution is 8.00. The Balaban J connectivity index is 1.98. The molecule has 0 aromatic rings. The van der Waals surface area contributed by atoms with Crippen molar-refractivity contribution in [3.8, 4) is 0 Å². The smallest absolute Gasteiger partial charge is 0.327 e. The van der Waals surface area contributed by atoms with Crippen LogP contribution in [-0.4, -0.2) is 45.7 Å². The molecule has 1 heterocycles. The minimum atomic E-state index is -0.904. The zero-order valence-electron chi connectivity index (χ0n) is 11.5. The summed E-state index contributed by atoms with van der Waals surface area (Å²) in [6.45, 7) is 4.85. The molecule has 2 fully saturated rings. The number of amides is 2. The molecule has 19 heavy (non-hydrogen) atoms. The lowest BCUT2D eigenvalue weighted by Gasteiger charge is -2.28. The van der Waals surface area contributed by atoms with Gasteiger partial charge in [-0.15, -0.1) is 11.8 Å². The van der Waals surface area contributed by atoms with Crippen LogP contribution >= 0.6 is 11.8 Å². The molecule has 0 bridgehead atoms. The number of urea groups is 1. The summed E-state index contributed by atoms with van der Waals surface area (Å²) >= 11 is 1.57. The largest absolute Gasteiger partial charge is 0.480 e. The average Bonchev–Trinajstić information content (AvgIpc) is 2.94. The minimum absolute atomic E-state index is 0.00175. The summed E-state index contributed by atoms with van der Waals surface area (Å²) in [6, 6.07) is -0.905. The number of nitrogens with one attached hydrogen (secondary N) is 1. The molecule has 2 atom stereocenters. The van der Waals surface area contributed by atoms with Gasteiger partial charge in [-0.3, -0.25) is 4.90 Å². The lowest BCUT2D eigenvalue weighted by atomic mass is 10.1. The van der Waals surface area contributed by atoms with Crippen LogP contribution < -0.4 is 5.32 Å². The molecule has 2 rings (SSSR count). The van der Waals surface area contributed by atoms with Crippen LogP contribution in [0.15, 0.2) is 0 Å². The van der Waals surface area contributed by atoms with Gasteiger partial charge in [-0.05, 0) is 24.7 Å². The van der Waals surface area contributed by atoms with Crippen LogP contribution in [0.3, 0.4) is 0 Å². The molecule has 0 spiro atoms. The van der Waals surface area contributed by atoms with Gasteiger partial charge in [0.15, 0.2) is 0 Å². The molecule has 5 nitrogen and oxygen atoms in total. The van der Waals surface area contributed by atoms with Gasteiger partial charge in [-0.2, -0.15) is 0 Å². The molecule has 6 heteroatoms. The molecule has 2 aliphatic rings. The molecule has 0 aromatic carbocycles. The number of carboxylic acid groups (broad SMARTS) is 1. The van der Waals surface area contributed by atoms with Crippen molar-refractivity contribution in [1.29, 1.82) is 0 Å². The van der Waals surface area contributed by atoms with Gasteiger partial charge in [0.2, 0.25) is 0 Å². The Bertz CT molecular complexity index is 371. The maximum absolute atomic E-state index is 12.3. The van der Waals surface area contributed by atoms with E-state index in [0.29, 0.717) is 12.3 Å². The number of hydrogen-bond donors (Lipinski definition) is 2. The summed E-state index contributed by atoms with van der Waals surface area (Å²) in [6.07, 6.45) is 4.08. The van der Waals surface area contributed by atoms with E-state index < -0.39 is 12.0 Å². The van der Waals surface area contributed by atoms with Gasteiger partial charge < -0.3 is 10.4 Å². The van der Waals surface area contributed by atoms with E-state index in [2.05, 4.69) is 19.2 Å². The van der Waals surface area contributed by atoms with Crippen LogP contribution in [0.2, 0.25) is 0 Å². The standard InChI is InChI=1S/C13H22N2O3S/c1-3-4-10-15(9(7-19-10)11(16)17)12(18)14-8-13(2)5-6-13/h9-10H,3-8H2,1-2H3,(H,14,18)(H,16,17). The zero-order valence-corrected chi connectivity index (χ0v) is 12.3. The predicted octanol–water partition coefficient (Wildman–Crippen LogP) is 2.12. The van der Waals surface area contributed by atoms with E-state index in [0.717, 1.165) is 25.7 Å². The van der Waals surface area contributed by atoms with E-state index in [1.165, 1.54) is 4.90 Å². The maximum Gasteiger partial charge on any atom is 0.327 e. The summed E-state index contributed by atoms with van der Waals surface area (Å²) in [5.41, 5.74) is 0.238. The number of aliphatic carboxylic acids is 1. The van der Waals surface area contributed by atoms with Crippen molar-refractivity contribution in [3.63, 3.8) is 0 Å². The highest BCUT2D eigenvalue weighted by Gasteiger charge is 2.43. The van der Waals surface area contributed by atoms with Gasteiger partial charge in [-0.25, -0.2) is 9.59 Å². The van der Waals surface area contributed by atoms with Gasteiger partial charge >= 0.3 is 12.0 Å². The third-order valence-electron chi connectivity index (χ3n) is 3.92. The minimum Gasteiger partial charge on any atom is -0.480 e. The van der Waals surface area contributed by atoms with Crippen LogP contribution in [0.5, 0.6) is 0 Å². The second-order valence-corrected chi connectivity index (χ2v) is 7.02. The number of carbonyl (C=O) groups is 2. The summed E-state index contributed by atoms with van der Waals surface area (Å²) in [5, 5.41) is 12.1. The van der Waals surface area contributed by atoms with Gasteiger partial charge in [0.25, 0.3) is 0 Å². The third kappa shape index (κ3) is 3.35. The maximum atomic E-state index is 12.3. The first-order valence-corrected chi connectivity index (χ1v) is 7.92. The van der Waals surface area contributed by atoms with Crippen molar-refractivity contribution >= 4 is 23.8 Å². The normalized spacial score (nSPS) is 28.2. The van der Waals surface area contributed by atoms with Crippen molar-refractivity contribution in [3.05, 3.63) is 0 Å². The van der Waals surface area contributed by atoms with E-state index in [1.54, 1.807) is 11.8 Å². The first kappa shape index (κ1) is 14.5. The Morgan fingerprint density at radius 2 is 2.16 bits per heavy atom. The quantitative estimate of drug-likeness (QED) is 0.812. The molecular weight excluding hydrogens is 264 g/mol. The second kappa shape index (κ2) is 5.61. The van der Waals surface area contributed by atoms with E-state index >= 15 is 0 Å². The van der Waals surface area contributed by atoms with Crippen LogP contribution in [0.1, 0.15) is 39.5 Å².